The lowest BCUT2D eigenvalue weighted by atomic mass is 10.2. The topological polar surface area (TPSA) is 52.9 Å². The van der Waals surface area contributed by atoms with Crippen molar-refractivity contribution in [2.75, 3.05) is 23.4 Å². The molecule has 0 bridgehead atoms. The van der Waals surface area contributed by atoms with Gasteiger partial charge in [0.05, 0.1) is 11.3 Å². The summed E-state index contributed by atoms with van der Waals surface area (Å²) in [6.45, 7) is 2.52. The van der Waals surface area contributed by atoms with E-state index in [0.717, 1.165) is 10.2 Å². The fourth-order valence-electron chi connectivity index (χ4n) is 1.23. The van der Waals surface area contributed by atoms with Crippen LogP contribution in [0, 0.1) is 11.3 Å². The van der Waals surface area contributed by atoms with E-state index < -0.39 is 10.8 Å². The van der Waals surface area contributed by atoms with Gasteiger partial charge in [0.15, 0.2) is 0 Å². The quantitative estimate of drug-likeness (QED) is 0.909. The lowest BCUT2D eigenvalue weighted by molar-refractivity contribution is 0.684. The van der Waals surface area contributed by atoms with E-state index in [2.05, 4.69) is 27.3 Å². The second-order valence-electron chi connectivity index (χ2n) is 3.13. The van der Waals surface area contributed by atoms with Crippen LogP contribution in [-0.2, 0) is 10.8 Å². The molecule has 0 saturated heterocycles. The molecule has 1 atom stereocenters. The lowest BCUT2D eigenvalue weighted by Crippen LogP contribution is -2.12. The van der Waals surface area contributed by atoms with Crippen molar-refractivity contribution in [3.63, 3.8) is 0 Å². The summed E-state index contributed by atoms with van der Waals surface area (Å²) < 4.78 is 12.0. The number of anilines is 1. The van der Waals surface area contributed by atoms with Crippen LogP contribution in [0.25, 0.3) is 0 Å². The number of nitrogens with one attached hydrogen (secondary N) is 1. The number of nitriles is 1. The van der Waals surface area contributed by atoms with Crippen LogP contribution in [0.4, 0.5) is 5.69 Å². The van der Waals surface area contributed by atoms with E-state index in [9.17, 15) is 4.21 Å². The first-order valence-corrected chi connectivity index (χ1v) is 7.24. The summed E-state index contributed by atoms with van der Waals surface area (Å²) in [4.78, 5) is 0. The molecule has 1 aromatic rings. The molecule has 0 aliphatic rings. The van der Waals surface area contributed by atoms with Crippen molar-refractivity contribution >= 4 is 32.4 Å². The van der Waals surface area contributed by atoms with Gasteiger partial charge in [-0.25, -0.2) is 0 Å². The Morgan fingerprint density at radius 1 is 1.56 bits per heavy atom. The predicted octanol–water partition coefficient (Wildman–Crippen LogP) is 2.50. The number of hydrogen-bond donors (Lipinski definition) is 1. The molecule has 3 nitrogen and oxygen atoms in total. The third-order valence-corrected chi connectivity index (χ3v) is 4.06. The molecule has 0 aliphatic carbocycles. The Kier molecular flexibility index (Phi) is 5.50. The maximum atomic E-state index is 11.2. The van der Waals surface area contributed by atoms with Gasteiger partial charge in [-0.3, -0.25) is 4.21 Å². The Bertz CT molecular complexity index is 428. The molecule has 0 aliphatic heterocycles. The van der Waals surface area contributed by atoms with Crippen LogP contribution in [0.2, 0.25) is 0 Å². The van der Waals surface area contributed by atoms with Gasteiger partial charge >= 0.3 is 0 Å². The zero-order valence-electron chi connectivity index (χ0n) is 9.00. The van der Waals surface area contributed by atoms with Crippen molar-refractivity contribution in [1.29, 1.82) is 5.26 Å². The van der Waals surface area contributed by atoms with Gasteiger partial charge in [-0.15, -0.1) is 0 Å². The lowest BCUT2D eigenvalue weighted by Gasteiger charge is -2.08. The maximum absolute atomic E-state index is 11.2. The van der Waals surface area contributed by atoms with Gasteiger partial charge in [-0.05, 0) is 28.1 Å². The van der Waals surface area contributed by atoms with E-state index in [1.54, 1.807) is 0 Å². The Balaban J connectivity index is 2.64. The number of nitrogens with zero attached hydrogens (tertiary/aromatic N) is 1. The summed E-state index contributed by atoms with van der Waals surface area (Å²) >= 11 is 3.32. The van der Waals surface area contributed by atoms with Gasteiger partial charge in [0.1, 0.15) is 6.07 Å². The molecule has 0 aromatic heterocycles. The minimum atomic E-state index is -0.772. The molecule has 86 valence electrons. The monoisotopic (exact) mass is 300 g/mol. The van der Waals surface area contributed by atoms with Gasteiger partial charge in [-0.2, -0.15) is 5.26 Å². The Morgan fingerprint density at radius 2 is 2.31 bits per heavy atom. The first-order valence-electron chi connectivity index (χ1n) is 4.96. The van der Waals surface area contributed by atoms with Crippen LogP contribution in [0.1, 0.15) is 12.5 Å². The number of benzene rings is 1. The molecular weight excluding hydrogens is 288 g/mol. The van der Waals surface area contributed by atoms with E-state index in [1.807, 2.05) is 25.1 Å². The highest BCUT2D eigenvalue weighted by molar-refractivity contribution is 9.10. The molecule has 1 rings (SSSR count). The van der Waals surface area contributed by atoms with E-state index in [1.165, 1.54) is 0 Å². The molecule has 1 unspecified atom stereocenters. The third-order valence-electron chi connectivity index (χ3n) is 2.09. The fraction of sp³-hybridized carbons (Fsp3) is 0.364. The normalized spacial score (nSPS) is 11.8. The molecule has 0 fully saturated rings. The molecule has 0 saturated carbocycles. The number of halogens is 1. The van der Waals surface area contributed by atoms with Crippen LogP contribution in [-0.4, -0.2) is 22.3 Å². The predicted molar refractivity (Wildman–Crippen MR) is 70.9 cm³/mol. The second-order valence-corrected chi connectivity index (χ2v) is 5.85. The smallest absolute Gasteiger partial charge is 0.103 e. The molecule has 5 heteroatoms. The summed E-state index contributed by atoms with van der Waals surface area (Å²) in [6, 6.07) is 7.67. The number of hydrogen-bond acceptors (Lipinski definition) is 3. The Hall–Kier alpha value is -0.860. The van der Waals surface area contributed by atoms with E-state index >= 15 is 0 Å². The molecule has 1 N–H and O–H groups in total. The van der Waals surface area contributed by atoms with Crippen molar-refractivity contribution in [2.45, 2.75) is 6.92 Å². The summed E-state index contributed by atoms with van der Waals surface area (Å²) in [6.07, 6.45) is 0. The van der Waals surface area contributed by atoms with Crippen molar-refractivity contribution in [3.05, 3.63) is 28.2 Å². The van der Waals surface area contributed by atoms with E-state index in [0.29, 0.717) is 23.6 Å². The molecule has 1 aromatic carbocycles. The van der Waals surface area contributed by atoms with E-state index in [4.69, 9.17) is 5.26 Å². The first kappa shape index (κ1) is 13.2. The highest BCUT2D eigenvalue weighted by Gasteiger charge is 2.05. The van der Waals surface area contributed by atoms with Crippen LogP contribution < -0.4 is 5.32 Å². The van der Waals surface area contributed by atoms with Crippen LogP contribution in [0.15, 0.2) is 22.7 Å². The largest absolute Gasteiger partial charge is 0.383 e. The van der Waals surface area contributed by atoms with Crippen molar-refractivity contribution in [1.82, 2.24) is 0 Å². The second kappa shape index (κ2) is 6.66. The zero-order chi connectivity index (χ0) is 12.0. The fourth-order valence-corrected chi connectivity index (χ4v) is 2.30. The molecule has 0 spiro atoms. The first-order chi connectivity index (χ1) is 7.69. The Labute approximate surface area is 106 Å². The molecular formula is C11H13BrN2OS. The van der Waals surface area contributed by atoms with Crippen LogP contribution in [0.5, 0.6) is 0 Å². The molecule has 0 radical (unpaired) electrons. The highest BCUT2D eigenvalue weighted by atomic mass is 79.9. The molecule has 16 heavy (non-hydrogen) atoms. The summed E-state index contributed by atoms with van der Waals surface area (Å²) in [5.74, 6) is 1.28. The summed E-state index contributed by atoms with van der Waals surface area (Å²) in [7, 11) is -0.772. The van der Waals surface area contributed by atoms with Crippen molar-refractivity contribution < 1.29 is 4.21 Å². The van der Waals surface area contributed by atoms with Crippen LogP contribution >= 0.6 is 15.9 Å². The average molecular weight is 301 g/mol. The molecule has 0 heterocycles. The maximum Gasteiger partial charge on any atom is 0.103 e. The van der Waals surface area contributed by atoms with Gasteiger partial charge in [0.2, 0.25) is 0 Å². The van der Waals surface area contributed by atoms with Crippen LogP contribution in [0.3, 0.4) is 0 Å². The van der Waals surface area contributed by atoms with Crippen molar-refractivity contribution in [3.8, 4) is 6.07 Å². The molecule has 0 amide bonds. The van der Waals surface area contributed by atoms with Gasteiger partial charge in [0, 0.05) is 33.3 Å². The standard InChI is InChI=1S/C11H13BrN2OS/c1-2-16(15)7-6-14-11-5-3-4-10(12)9(11)8-13/h3-5,14H,2,6-7H2,1H3. The van der Waals surface area contributed by atoms with Gasteiger partial charge in [-0.1, -0.05) is 13.0 Å². The number of rotatable bonds is 5. The Morgan fingerprint density at radius 3 is 2.94 bits per heavy atom. The summed E-state index contributed by atoms with van der Waals surface area (Å²) in [5.41, 5.74) is 1.37. The van der Waals surface area contributed by atoms with Gasteiger partial charge in [0.25, 0.3) is 0 Å². The SMILES string of the molecule is CCS(=O)CCNc1cccc(Br)c1C#N. The summed E-state index contributed by atoms with van der Waals surface area (Å²) in [5, 5.41) is 12.1. The van der Waals surface area contributed by atoms with E-state index in [-0.39, 0.29) is 0 Å². The van der Waals surface area contributed by atoms with Gasteiger partial charge < -0.3 is 5.32 Å². The van der Waals surface area contributed by atoms with Crippen molar-refractivity contribution in [2.24, 2.45) is 0 Å². The zero-order valence-corrected chi connectivity index (χ0v) is 11.4. The third kappa shape index (κ3) is 3.62. The minimum absolute atomic E-state index is 0.588. The average Bonchev–Trinajstić information content (AvgIpc) is 2.29. The minimum Gasteiger partial charge on any atom is -0.383 e. The highest BCUT2D eigenvalue weighted by Crippen LogP contribution is 2.23.